The summed E-state index contributed by atoms with van der Waals surface area (Å²) < 4.78 is 23.4. The molecule has 2 aliphatic rings. The summed E-state index contributed by atoms with van der Waals surface area (Å²) in [5, 5.41) is 55.2. The number of hydrogen-bond acceptors (Lipinski definition) is 10. The number of carbonyl (C=O) groups is 2. The molecule has 6 N–H and O–H groups in total. The van der Waals surface area contributed by atoms with Crippen molar-refractivity contribution in [2.45, 2.75) is 134 Å². The van der Waals surface area contributed by atoms with E-state index in [1.165, 1.54) is 6.92 Å². The average Bonchev–Trinajstić information content (AvgIpc) is 2.84. The number of rotatable bonds is 11. The standard InChI is InChI=1S/C25H45NO11/c1-8-24(5,6)37-19-16(30)17(31)23(36-20(19)22(32)33)35-18-14(26-12(4)28)21(25(7,9-2)10-3)34-13(11-27)15(18)29/h13-21,23,27,29-31H,8-11H2,1-7H3,(H,26,28)(H,32,33). The van der Waals surface area contributed by atoms with Crippen LogP contribution in [-0.2, 0) is 28.5 Å². The number of aliphatic hydroxyl groups is 4. The number of aliphatic carboxylic acids is 1. The van der Waals surface area contributed by atoms with Gasteiger partial charge in [-0.2, -0.15) is 0 Å². The Morgan fingerprint density at radius 3 is 1.97 bits per heavy atom. The highest BCUT2D eigenvalue weighted by Gasteiger charge is 2.56. The Balaban J connectivity index is 2.44. The summed E-state index contributed by atoms with van der Waals surface area (Å²) in [6, 6.07) is -0.940. The fourth-order valence-corrected chi connectivity index (χ4v) is 4.79. The molecule has 2 fully saturated rings. The molecule has 0 radical (unpaired) electrons. The molecule has 10 unspecified atom stereocenters. The van der Waals surface area contributed by atoms with Gasteiger partial charge in [-0.3, -0.25) is 4.79 Å². The quantitative estimate of drug-likeness (QED) is 0.208. The highest BCUT2D eigenvalue weighted by Crippen LogP contribution is 2.40. The summed E-state index contributed by atoms with van der Waals surface area (Å²) in [4.78, 5) is 24.2. The number of carbonyl (C=O) groups excluding carboxylic acids is 1. The second-order valence-corrected chi connectivity index (χ2v) is 10.9. The van der Waals surface area contributed by atoms with Gasteiger partial charge in [0.05, 0.1) is 24.4 Å². The van der Waals surface area contributed by atoms with Crippen LogP contribution in [0.3, 0.4) is 0 Å². The van der Waals surface area contributed by atoms with Gasteiger partial charge in [-0.25, -0.2) is 4.79 Å². The van der Waals surface area contributed by atoms with Gasteiger partial charge in [-0.1, -0.05) is 27.7 Å². The van der Waals surface area contributed by atoms with Gasteiger partial charge in [0.25, 0.3) is 0 Å². The summed E-state index contributed by atoms with van der Waals surface area (Å²) in [7, 11) is 0. The van der Waals surface area contributed by atoms with E-state index < -0.39 is 90.7 Å². The molecule has 12 nitrogen and oxygen atoms in total. The zero-order valence-corrected chi connectivity index (χ0v) is 22.8. The van der Waals surface area contributed by atoms with Gasteiger partial charge in [0.15, 0.2) is 12.4 Å². The fourth-order valence-electron chi connectivity index (χ4n) is 4.79. The normalized spacial score (nSPS) is 37.3. The minimum absolute atomic E-state index is 0.430. The maximum atomic E-state index is 12.2. The Hall–Kier alpha value is -1.38. The molecular formula is C25H45NO11. The second-order valence-electron chi connectivity index (χ2n) is 10.9. The molecule has 0 aromatic carbocycles. The lowest BCUT2D eigenvalue weighted by Crippen LogP contribution is -2.70. The Morgan fingerprint density at radius 1 is 0.919 bits per heavy atom. The third-order valence-electron chi connectivity index (χ3n) is 7.96. The monoisotopic (exact) mass is 535 g/mol. The Bertz CT molecular complexity index is 774. The first kappa shape index (κ1) is 31.8. The van der Waals surface area contributed by atoms with Crippen LogP contribution >= 0.6 is 0 Å². The molecule has 0 aromatic heterocycles. The molecule has 2 aliphatic heterocycles. The van der Waals surface area contributed by atoms with E-state index in [4.69, 9.17) is 18.9 Å². The predicted molar refractivity (Wildman–Crippen MR) is 130 cm³/mol. The van der Waals surface area contributed by atoms with Crippen LogP contribution < -0.4 is 5.32 Å². The lowest BCUT2D eigenvalue weighted by molar-refractivity contribution is -0.339. The highest BCUT2D eigenvalue weighted by atomic mass is 16.7. The van der Waals surface area contributed by atoms with Crippen molar-refractivity contribution in [1.29, 1.82) is 0 Å². The molecule has 0 spiro atoms. The number of hydrogen-bond donors (Lipinski definition) is 6. The van der Waals surface area contributed by atoms with Crippen molar-refractivity contribution in [3.05, 3.63) is 0 Å². The fraction of sp³-hybridized carbons (Fsp3) is 0.920. The van der Waals surface area contributed by atoms with Gasteiger partial charge in [0.1, 0.15) is 36.6 Å². The van der Waals surface area contributed by atoms with Crippen LogP contribution in [0.15, 0.2) is 0 Å². The van der Waals surface area contributed by atoms with Crippen molar-refractivity contribution < 1.29 is 54.1 Å². The van der Waals surface area contributed by atoms with Gasteiger partial charge in [0, 0.05) is 6.92 Å². The van der Waals surface area contributed by atoms with Crippen LogP contribution in [0.25, 0.3) is 0 Å². The number of nitrogens with one attached hydrogen (secondary N) is 1. The van der Waals surface area contributed by atoms with E-state index in [-0.39, 0.29) is 0 Å². The van der Waals surface area contributed by atoms with Crippen molar-refractivity contribution in [3.63, 3.8) is 0 Å². The summed E-state index contributed by atoms with van der Waals surface area (Å²) in [5.41, 5.74) is -1.31. The lowest BCUT2D eigenvalue weighted by atomic mass is 9.72. The minimum Gasteiger partial charge on any atom is -0.479 e. The molecule has 216 valence electrons. The molecular weight excluding hydrogens is 490 g/mol. The first-order valence-electron chi connectivity index (χ1n) is 12.9. The van der Waals surface area contributed by atoms with E-state index in [1.54, 1.807) is 13.8 Å². The molecule has 12 heteroatoms. The van der Waals surface area contributed by atoms with Crippen LogP contribution in [0.4, 0.5) is 0 Å². The molecule has 10 atom stereocenters. The topological polar surface area (TPSA) is 184 Å². The van der Waals surface area contributed by atoms with Crippen LogP contribution in [0.5, 0.6) is 0 Å². The largest absolute Gasteiger partial charge is 0.479 e. The van der Waals surface area contributed by atoms with Crippen LogP contribution in [0.2, 0.25) is 0 Å². The molecule has 1 amide bonds. The molecule has 37 heavy (non-hydrogen) atoms. The van der Waals surface area contributed by atoms with Crippen LogP contribution in [0, 0.1) is 5.41 Å². The summed E-state index contributed by atoms with van der Waals surface area (Å²) in [5.74, 6) is -1.86. The summed E-state index contributed by atoms with van der Waals surface area (Å²) in [6.07, 6.45) is -11.0. The van der Waals surface area contributed by atoms with E-state index in [9.17, 15) is 35.1 Å². The van der Waals surface area contributed by atoms with Gasteiger partial charge in [-0.15, -0.1) is 0 Å². The number of carboxylic acid groups (broad SMARTS) is 1. The van der Waals surface area contributed by atoms with E-state index in [0.29, 0.717) is 19.3 Å². The zero-order valence-electron chi connectivity index (χ0n) is 22.8. The smallest absolute Gasteiger partial charge is 0.335 e. The highest BCUT2D eigenvalue weighted by molar-refractivity contribution is 5.74. The maximum absolute atomic E-state index is 12.2. The Morgan fingerprint density at radius 2 is 1.51 bits per heavy atom. The lowest BCUT2D eigenvalue weighted by Gasteiger charge is -2.52. The second kappa shape index (κ2) is 12.6. The minimum atomic E-state index is -1.74. The predicted octanol–water partition coefficient (Wildman–Crippen LogP) is -0.0717. The van der Waals surface area contributed by atoms with E-state index in [0.717, 1.165) is 0 Å². The van der Waals surface area contributed by atoms with Gasteiger partial charge in [0.2, 0.25) is 5.91 Å². The molecule has 2 heterocycles. The zero-order chi connectivity index (χ0) is 28.3. The van der Waals surface area contributed by atoms with Crippen molar-refractivity contribution in [2.24, 2.45) is 5.41 Å². The van der Waals surface area contributed by atoms with Crippen LogP contribution in [0.1, 0.15) is 67.7 Å². The van der Waals surface area contributed by atoms with Crippen molar-refractivity contribution in [3.8, 4) is 0 Å². The summed E-state index contributed by atoms with van der Waals surface area (Å²) >= 11 is 0. The first-order chi connectivity index (χ1) is 17.2. The molecule has 2 saturated heterocycles. The SMILES string of the molecule is CCC(C)(C)OC1C(C(=O)O)OC(OC2C(O)C(CO)OC(C(C)(CC)CC)C2NC(C)=O)C(O)C1O. The van der Waals surface area contributed by atoms with E-state index >= 15 is 0 Å². The summed E-state index contributed by atoms with van der Waals surface area (Å²) in [6.45, 7) is 11.9. The first-order valence-corrected chi connectivity index (χ1v) is 12.9. The molecule has 0 bridgehead atoms. The van der Waals surface area contributed by atoms with E-state index in [1.807, 2.05) is 27.7 Å². The maximum Gasteiger partial charge on any atom is 0.335 e. The molecule has 0 aromatic rings. The van der Waals surface area contributed by atoms with Gasteiger partial charge < -0.3 is 49.8 Å². The van der Waals surface area contributed by atoms with Crippen molar-refractivity contribution in [1.82, 2.24) is 5.32 Å². The van der Waals surface area contributed by atoms with Crippen molar-refractivity contribution in [2.75, 3.05) is 6.61 Å². The van der Waals surface area contributed by atoms with Gasteiger partial charge >= 0.3 is 5.97 Å². The molecule has 2 rings (SSSR count). The average molecular weight is 536 g/mol. The third-order valence-corrected chi connectivity index (χ3v) is 7.96. The third kappa shape index (κ3) is 6.99. The Kier molecular flexibility index (Phi) is 10.9. The number of ether oxygens (including phenoxy) is 4. The van der Waals surface area contributed by atoms with Gasteiger partial charge in [-0.05, 0) is 38.5 Å². The number of aliphatic hydroxyl groups excluding tert-OH is 4. The van der Waals surface area contributed by atoms with Crippen molar-refractivity contribution >= 4 is 11.9 Å². The van der Waals surface area contributed by atoms with E-state index in [2.05, 4.69) is 5.32 Å². The molecule has 0 aliphatic carbocycles. The molecule has 0 saturated carbocycles. The Labute approximate surface area is 218 Å². The number of carboxylic acids is 1. The van der Waals surface area contributed by atoms with Crippen LogP contribution in [-0.4, -0.2) is 111 Å². The number of amides is 1.